The van der Waals surface area contributed by atoms with Crippen molar-refractivity contribution in [2.45, 2.75) is 59.8 Å². The van der Waals surface area contributed by atoms with E-state index in [1.807, 2.05) is 0 Å². The van der Waals surface area contributed by atoms with Crippen molar-refractivity contribution in [2.75, 3.05) is 13.2 Å². The molecule has 238 valence electrons. The van der Waals surface area contributed by atoms with Gasteiger partial charge in [-0.25, -0.2) is 0 Å². The molecule has 6 rings (SSSR count). The van der Waals surface area contributed by atoms with Crippen LogP contribution >= 0.6 is 34.4 Å². The lowest BCUT2D eigenvalue weighted by Gasteiger charge is -2.15. The van der Waals surface area contributed by atoms with Crippen LogP contribution in [0.3, 0.4) is 0 Å². The van der Waals surface area contributed by atoms with E-state index in [0.29, 0.717) is 11.8 Å². The number of rotatable bonds is 15. The minimum atomic E-state index is 0.557. The second-order valence-electron chi connectivity index (χ2n) is 12.1. The second-order valence-corrected chi connectivity index (χ2v) is 14.7. The fourth-order valence-electron chi connectivity index (χ4n) is 5.44. The number of benzene rings is 3. The molecule has 0 fully saturated rings. The van der Waals surface area contributed by atoms with E-state index < -0.39 is 0 Å². The number of aromatic nitrogens is 2. The fraction of sp³-hybridized carbons (Fsp3) is 0.333. The van der Waals surface area contributed by atoms with Crippen LogP contribution in [-0.2, 0) is 0 Å². The Morgan fingerprint density at radius 2 is 1.09 bits per heavy atom. The molecule has 0 bridgehead atoms. The molecular formula is C39H42N2O2S3. The normalized spacial score (nSPS) is 12.8. The second kappa shape index (κ2) is 15.4. The SMILES string of the molecule is CCCCC(CC)COc1ccc(-c2ccc(-c3ccc(-c4ccc(-c5ccc(OCC(C)CC)cc5)s4)c4nsnc34)s2)cc1. The van der Waals surface area contributed by atoms with Crippen LogP contribution in [0.2, 0.25) is 0 Å². The van der Waals surface area contributed by atoms with Crippen LogP contribution in [-0.4, -0.2) is 22.0 Å². The number of nitrogens with zero attached hydrogens (tertiary/aromatic N) is 2. The Morgan fingerprint density at radius 3 is 1.57 bits per heavy atom. The zero-order valence-corrected chi connectivity index (χ0v) is 29.6. The Kier molecular flexibility index (Phi) is 10.8. The van der Waals surface area contributed by atoms with Crippen LogP contribution in [0.25, 0.3) is 52.8 Å². The van der Waals surface area contributed by atoms with Gasteiger partial charge in [0.25, 0.3) is 0 Å². The average Bonchev–Trinajstić information content (AvgIpc) is 3.89. The molecule has 2 unspecified atom stereocenters. The van der Waals surface area contributed by atoms with Crippen molar-refractivity contribution < 1.29 is 9.47 Å². The smallest absolute Gasteiger partial charge is 0.119 e. The molecule has 2 atom stereocenters. The summed E-state index contributed by atoms with van der Waals surface area (Å²) >= 11 is 4.86. The van der Waals surface area contributed by atoms with Gasteiger partial charge in [0, 0.05) is 30.6 Å². The van der Waals surface area contributed by atoms with Gasteiger partial charge in [-0.1, -0.05) is 65.5 Å². The third-order valence-corrected chi connectivity index (χ3v) is 11.6. The van der Waals surface area contributed by atoms with Crippen LogP contribution in [0.5, 0.6) is 11.5 Å². The van der Waals surface area contributed by atoms with Crippen molar-refractivity contribution in [3.05, 3.63) is 84.9 Å². The van der Waals surface area contributed by atoms with E-state index >= 15 is 0 Å². The van der Waals surface area contributed by atoms with Crippen molar-refractivity contribution in [1.29, 1.82) is 0 Å². The minimum Gasteiger partial charge on any atom is -0.493 e. The minimum absolute atomic E-state index is 0.557. The summed E-state index contributed by atoms with van der Waals surface area (Å²) in [5, 5.41) is 0. The highest BCUT2D eigenvalue weighted by Crippen LogP contribution is 2.42. The Labute approximate surface area is 285 Å². The third kappa shape index (κ3) is 7.54. The van der Waals surface area contributed by atoms with Crippen molar-refractivity contribution in [2.24, 2.45) is 11.8 Å². The van der Waals surface area contributed by atoms with Crippen LogP contribution < -0.4 is 9.47 Å². The molecule has 3 heterocycles. The molecule has 0 spiro atoms. The number of fused-ring (bicyclic) bond motifs is 1. The van der Waals surface area contributed by atoms with Gasteiger partial charge in [-0.15, -0.1) is 22.7 Å². The first-order valence-electron chi connectivity index (χ1n) is 16.5. The zero-order valence-electron chi connectivity index (χ0n) is 27.1. The van der Waals surface area contributed by atoms with Crippen molar-refractivity contribution in [3.63, 3.8) is 0 Å². The van der Waals surface area contributed by atoms with Crippen LogP contribution in [0.15, 0.2) is 84.9 Å². The molecule has 0 saturated heterocycles. The Hall–Kier alpha value is -3.52. The molecule has 0 radical (unpaired) electrons. The number of thiophene rings is 2. The van der Waals surface area contributed by atoms with E-state index in [9.17, 15) is 0 Å². The predicted octanol–water partition coefficient (Wildman–Crippen LogP) is 12.5. The monoisotopic (exact) mass is 666 g/mol. The number of hydrogen-bond acceptors (Lipinski definition) is 7. The van der Waals surface area contributed by atoms with Crippen molar-refractivity contribution >= 4 is 45.4 Å². The third-order valence-electron chi connectivity index (χ3n) is 8.70. The molecule has 3 aromatic carbocycles. The number of ether oxygens (including phenoxy) is 2. The highest BCUT2D eigenvalue weighted by atomic mass is 32.1. The van der Waals surface area contributed by atoms with Crippen molar-refractivity contribution in [1.82, 2.24) is 8.75 Å². The molecule has 6 aromatic rings. The van der Waals surface area contributed by atoms with Crippen LogP contribution in [0.4, 0.5) is 0 Å². The summed E-state index contributed by atoms with van der Waals surface area (Å²) in [6.45, 7) is 10.5. The van der Waals surface area contributed by atoms with E-state index in [2.05, 4.69) is 113 Å². The average molecular weight is 667 g/mol. The molecular weight excluding hydrogens is 625 g/mol. The molecule has 0 amide bonds. The van der Waals surface area contributed by atoms with E-state index in [-0.39, 0.29) is 0 Å². The van der Waals surface area contributed by atoms with Gasteiger partial charge in [0.1, 0.15) is 22.5 Å². The van der Waals surface area contributed by atoms with Crippen LogP contribution in [0, 0.1) is 11.8 Å². The topological polar surface area (TPSA) is 44.2 Å². The maximum absolute atomic E-state index is 6.14. The summed E-state index contributed by atoms with van der Waals surface area (Å²) in [5.41, 5.74) is 6.58. The number of unbranched alkanes of at least 4 members (excludes halogenated alkanes) is 1. The molecule has 0 saturated carbocycles. The summed E-state index contributed by atoms with van der Waals surface area (Å²) < 4.78 is 21.6. The molecule has 0 aliphatic carbocycles. The summed E-state index contributed by atoms with van der Waals surface area (Å²) in [6.07, 6.45) is 6.03. The zero-order chi connectivity index (χ0) is 31.9. The molecule has 0 N–H and O–H groups in total. The maximum Gasteiger partial charge on any atom is 0.119 e. The standard InChI is InChI=1S/C39H42N2O2S3/c1-5-8-9-27(7-3)25-43-31-16-12-29(13-17-31)35-21-23-37(45-35)33-19-18-32(38-39(33)41-46-40-38)36-22-20-34(44-36)28-10-14-30(15-11-28)42-24-26(4)6-2/h10-23,26-27H,5-9,24-25H2,1-4H3. The van der Waals surface area contributed by atoms with E-state index in [0.717, 1.165) is 59.7 Å². The fourth-order valence-corrected chi connectivity index (χ4v) is 8.09. The van der Waals surface area contributed by atoms with Crippen molar-refractivity contribution in [3.8, 4) is 53.3 Å². The van der Waals surface area contributed by atoms with E-state index in [4.69, 9.17) is 18.2 Å². The highest BCUT2D eigenvalue weighted by molar-refractivity contribution is 7.19. The first kappa shape index (κ1) is 32.4. The van der Waals surface area contributed by atoms with Gasteiger partial charge < -0.3 is 9.47 Å². The van der Waals surface area contributed by atoms with Gasteiger partial charge in [-0.3, -0.25) is 0 Å². The highest BCUT2D eigenvalue weighted by Gasteiger charge is 2.17. The lowest BCUT2D eigenvalue weighted by atomic mass is 10.0. The number of hydrogen-bond donors (Lipinski definition) is 0. The quantitative estimate of drug-likeness (QED) is 0.109. The summed E-state index contributed by atoms with van der Waals surface area (Å²) in [7, 11) is 0. The first-order valence-corrected chi connectivity index (χ1v) is 18.8. The van der Waals surface area contributed by atoms with Gasteiger partial charge in [0.2, 0.25) is 0 Å². The van der Waals surface area contributed by atoms with E-state index in [1.54, 1.807) is 22.7 Å². The largest absolute Gasteiger partial charge is 0.493 e. The van der Waals surface area contributed by atoms with Gasteiger partial charge in [-0.2, -0.15) is 8.75 Å². The lowest BCUT2D eigenvalue weighted by molar-refractivity contribution is 0.233. The van der Waals surface area contributed by atoms with Gasteiger partial charge in [0.05, 0.1) is 24.9 Å². The Balaban J connectivity index is 1.16. The molecule has 0 aliphatic heterocycles. The molecule has 3 aromatic heterocycles. The van der Waals surface area contributed by atoms with E-state index in [1.165, 1.54) is 61.6 Å². The van der Waals surface area contributed by atoms with Gasteiger partial charge in [-0.05, 0) is 102 Å². The molecule has 46 heavy (non-hydrogen) atoms. The van der Waals surface area contributed by atoms with Gasteiger partial charge in [0.15, 0.2) is 0 Å². The summed E-state index contributed by atoms with van der Waals surface area (Å²) in [5.74, 6) is 3.05. The van der Waals surface area contributed by atoms with Crippen LogP contribution in [0.1, 0.15) is 59.8 Å². The molecule has 7 heteroatoms. The molecule has 4 nitrogen and oxygen atoms in total. The Bertz CT molecular complexity index is 1840. The first-order chi connectivity index (χ1) is 22.6. The predicted molar refractivity (Wildman–Crippen MR) is 199 cm³/mol. The maximum atomic E-state index is 6.14. The molecule has 0 aliphatic rings. The summed E-state index contributed by atoms with van der Waals surface area (Å²) in [4.78, 5) is 4.85. The summed E-state index contributed by atoms with van der Waals surface area (Å²) in [6, 6.07) is 30.2. The van der Waals surface area contributed by atoms with Gasteiger partial charge >= 0.3 is 0 Å². The lowest BCUT2D eigenvalue weighted by Crippen LogP contribution is -2.11. The Morgan fingerprint density at radius 1 is 0.587 bits per heavy atom.